The molecule has 3 heteroatoms. The highest BCUT2D eigenvalue weighted by Gasteiger charge is 2.02. The van der Waals surface area contributed by atoms with E-state index in [1.165, 1.54) is 10.5 Å². The van der Waals surface area contributed by atoms with Crippen LogP contribution in [0.5, 0.6) is 5.75 Å². The first-order chi connectivity index (χ1) is 9.79. The predicted molar refractivity (Wildman–Crippen MR) is 86.6 cm³/mol. The second-order valence-corrected chi connectivity index (χ2v) is 5.76. The number of ether oxygens (including phenoxy) is 1. The molecule has 106 valence electrons. The van der Waals surface area contributed by atoms with Crippen LogP contribution in [0.2, 0.25) is 0 Å². The summed E-state index contributed by atoms with van der Waals surface area (Å²) in [5, 5.41) is 3.24. The molecule has 2 aromatic carbocycles. The average molecular weight is 287 g/mol. The van der Waals surface area contributed by atoms with Crippen molar-refractivity contribution < 1.29 is 4.74 Å². The van der Waals surface area contributed by atoms with E-state index in [0.29, 0.717) is 6.04 Å². The van der Waals surface area contributed by atoms with Gasteiger partial charge in [0.15, 0.2) is 0 Å². The number of para-hydroxylation sites is 1. The molecular weight excluding hydrogens is 266 g/mol. The molecule has 0 aromatic heterocycles. The molecule has 1 unspecified atom stereocenters. The molecule has 1 N–H and O–H groups in total. The zero-order valence-electron chi connectivity index (χ0n) is 12.0. The molecule has 0 spiro atoms. The van der Waals surface area contributed by atoms with Gasteiger partial charge < -0.3 is 10.1 Å². The summed E-state index contributed by atoms with van der Waals surface area (Å²) in [6, 6.07) is 19.1. The molecule has 0 heterocycles. The zero-order chi connectivity index (χ0) is 14.2. The molecule has 1 atom stereocenters. The topological polar surface area (TPSA) is 21.3 Å². The fourth-order valence-corrected chi connectivity index (χ4v) is 2.59. The van der Waals surface area contributed by atoms with Gasteiger partial charge in [0.1, 0.15) is 5.75 Å². The van der Waals surface area contributed by atoms with Crippen molar-refractivity contribution in [1.82, 2.24) is 5.32 Å². The first kappa shape index (κ1) is 14.9. The van der Waals surface area contributed by atoms with E-state index in [1.807, 2.05) is 49.1 Å². The minimum Gasteiger partial charge on any atom is -0.493 e. The van der Waals surface area contributed by atoms with E-state index in [1.54, 1.807) is 0 Å². The van der Waals surface area contributed by atoms with Crippen LogP contribution in [0.3, 0.4) is 0 Å². The third-order valence-electron chi connectivity index (χ3n) is 3.18. The van der Waals surface area contributed by atoms with E-state index < -0.39 is 0 Å². The zero-order valence-corrected chi connectivity index (χ0v) is 12.8. The molecule has 0 saturated carbocycles. The predicted octanol–water partition coefficient (Wildman–Crippen LogP) is 4.14. The van der Waals surface area contributed by atoms with Gasteiger partial charge in [-0.25, -0.2) is 0 Å². The van der Waals surface area contributed by atoms with Crippen LogP contribution >= 0.6 is 11.8 Å². The van der Waals surface area contributed by atoms with E-state index in [-0.39, 0.29) is 0 Å². The summed E-state index contributed by atoms with van der Waals surface area (Å²) in [6.45, 7) is 2.89. The van der Waals surface area contributed by atoms with Gasteiger partial charge in [0, 0.05) is 16.7 Å². The van der Waals surface area contributed by atoms with Gasteiger partial charge in [0.2, 0.25) is 0 Å². The van der Waals surface area contributed by atoms with Crippen LogP contribution in [0, 0.1) is 0 Å². The maximum absolute atomic E-state index is 5.68. The lowest BCUT2D eigenvalue weighted by molar-refractivity contribution is 0.344. The molecule has 0 aliphatic carbocycles. The largest absolute Gasteiger partial charge is 0.493 e. The van der Waals surface area contributed by atoms with Crippen molar-refractivity contribution >= 4 is 11.8 Å². The molecule has 20 heavy (non-hydrogen) atoms. The maximum Gasteiger partial charge on any atom is 0.119 e. The molecule has 0 bridgehead atoms. The molecule has 0 radical (unpaired) electrons. The fourth-order valence-electron chi connectivity index (χ4n) is 1.86. The van der Waals surface area contributed by atoms with Gasteiger partial charge in [0.05, 0.1) is 6.61 Å². The van der Waals surface area contributed by atoms with Crippen molar-refractivity contribution in [2.24, 2.45) is 0 Å². The van der Waals surface area contributed by atoms with Crippen LogP contribution in [-0.4, -0.2) is 19.4 Å². The average Bonchev–Trinajstić information content (AvgIpc) is 2.52. The number of hydrogen-bond acceptors (Lipinski definition) is 3. The van der Waals surface area contributed by atoms with E-state index in [2.05, 4.69) is 36.5 Å². The fraction of sp³-hybridized carbons (Fsp3) is 0.294. The Morgan fingerprint density at radius 2 is 1.75 bits per heavy atom. The Balaban J connectivity index is 1.74. The third kappa shape index (κ3) is 4.58. The Hall–Kier alpha value is -1.45. The first-order valence-corrected chi connectivity index (χ1v) is 7.86. The SMILES string of the molecule is CNC(C)c1ccc(SCCOc2ccccc2)cc1. The number of hydrogen-bond donors (Lipinski definition) is 1. The Bertz CT molecular complexity index is 498. The van der Waals surface area contributed by atoms with Crippen LogP contribution in [-0.2, 0) is 0 Å². The van der Waals surface area contributed by atoms with Crippen molar-refractivity contribution in [3.05, 3.63) is 60.2 Å². The van der Waals surface area contributed by atoms with E-state index in [9.17, 15) is 0 Å². The van der Waals surface area contributed by atoms with Gasteiger partial charge in [-0.3, -0.25) is 0 Å². The van der Waals surface area contributed by atoms with Gasteiger partial charge >= 0.3 is 0 Å². The van der Waals surface area contributed by atoms with Crippen LogP contribution < -0.4 is 10.1 Å². The van der Waals surface area contributed by atoms with Crippen molar-refractivity contribution in [3.8, 4) is 5.75 Å². The molecule has 2 aromatic rings. The van der Waals surface area contributed by atoms with E-state index in [4.69, 9.17) is 4.74 Å². The molecule has 0 saturated heterocycles. The van der Waals surface area contributed by atoms with Crippen LogP contribution in [0.1, 0.15) is 18.5 Å². The molecule has 2 rings (SSSR count). The molecule has 2 nitrogen and oxygen atoms in total. The summed E-state index contributed by atoms with van der Waals surface area (Å²) < 4.78 is 5.68. The Morgan fingerprint density at radius 1 is 1.05 bits per heavy atom. The summed E-state index contributed by atoms with van der Waals surface area (Å²) in [5.41, 5.74) is 1.32. The molecule has 0 amide bonds. The van der Waals surface area contributed by atoms with Gasteiger partial charge in [-0.2, -0.15) is 0 Å². The van der Waals surface area contributed by atoms with Gasteiger partial charge in [-0.05, 0) is 43.8 Å². The lowest BCUT2D eigenvalue weighted by Crippen LogP contribution is -2.11. The summed E-state index contributed by atoms with van der Waals surface area (Å²) >= 11 is 1.82. The minimum atomic E-state index is 0.399. The Kier molecular flexibility index (Phi) is 5.96. The Morgan fingerprint density at radius 3 is 2.40 bits per heavy atom. The maximum atomic E-state index is 5.68. The number of benzene rings is 2. The van der Waals surface area contributed by atoms with Crippen LogP contribution in [0.4, 0.5) is 0 Å². The standard InChI is InChI=1S/C17H21NOS/c1-14(18-2)15-8-10-17(11-9-15)20-13-12-19-16-6-4-3-5-7-16/h3-11,14,18H,12-13H2,1-2H3. The summed E-state index contributed by atoms with van der Waals surface area (Å²) in [7, 11) is 1.98. The lowest BCUT2D eigenvalue weighted by Gasteiger charge is -2.11. The van der Waals surface area contributed by atoms with Crippen molar-refractivity contribution in [2.45, 2.75) is 17.9 Å². The highest BCUT2D eigenvalue weighted by Crippen LogP contribution is 2.21. The third-order valence-corrected chi connectivity index (χ3v) is 4.15. The summed E-state index contributed by atoms with van der Waals surface area (Å²) in [6.07, 6.45) is 0. The minimum absolute atomic E-state index is 0.399. The van der Waals surface area contributed by atoms with Crippen LogP contribution in [0.25, 0.3) is 0 Å². The smallest absolute Gasteiger partial charge is 0.119 e. The van der Waals surface area contributed by atoms with Crippen molar-refractivity contribution in [2.75, 3.05) is 19.4 Å². The second kappa shape index (κ2) is 7.98. The van der Waals surface area contributed by atoms with Crippen molar-refractivity contribution in [3.63, 3.8) is 0 Å². The van der Waals surface area contributed by atoms with Crippen molar-refractivity contribution in [1.29, 1.82) is 0 Å². The summed E-state index contributed by atoms with van der Waals surface area (Å²) in [5.74, 6) is 1.89. The molecule has 0 aliphatic rings. The summed E-state index contributed by atoms with van der Waals surface area (Å²) in [4.78, 5) is 1.29. The molecule has 0 fully saturated rings. The Labute approximate surface area is 125 Å². The number of rotatable bonds is 7. The van der Waals surface area contributed by atoms with Gasteiger partial charge in [-0.15, -0.1) is 11.8 Å². The lowest BCUT2D eigenvalue weighted by atomic mass is 10.1. The van der Waals surface area contributed by atoms with Gasteiger partial charge in [0.25, 0.3) is 0 Å². The highest BCUT2D eigenvalue weighted by molar-refractivity contribution is 7.99. The first-order valence-electron chi connectivity index (χ1n) is 6.87. The quantitative estimate of drug-likeness (QED) is 0.611. The second-order valence-electron chi connectivity index (χ2n) is 4.59. The number of nitrogens with one attached hydrogen (secondary N) is 1. The monoisotopic (exact) mass is 287 g/mol. The highest BCUT2D eigenvalue weighted by atomic mass is 32.2. The molecule has 0 aliphatic heterocycles. The molecular formula is C17H21NOS. The number of thioether (sulfide) groups is 1. The normalized spacial score (nSPS) is 12.1. The van der Waals surface area contributed by atoms with E-state index >= 15 is 0 Å². The van der Waals surface area contributed by atoms with Crippen LogP contribution in [0.15, 0.2) is 59.5 Å². The van der Waals surface area contributed by atoms with Gasteiger partial charge in [-0.1, -0.05) is 30.3 Å². The van der Waals surface area contributed by atoms with E-state index in [0.717, 1.165) is 18.1 Å².